The zero-order valence-corrected chi connectivity index (χ0v) is 12.9. The Kier molecular flexibility index (Phi) is 4.69. The van der Waals surface area contributed by atoms with Crippen molar-refractivity contribution in [2.75, 3.05) is 10.6 Å². The molecule has 11 heteroatoms. The van der Waals surface area contributed by atoms with Gasteiger partial charge >= 0.3 is 12.4 Å². The number of halogens is 3. The molecule has 134 valence electrons. The van der Waals surface area contributed by atoms with Gasteiger partial charge in [-0.3, -0.25) is 5.32 Å². The summed E-state index contributed by atoms with van der Waals surface area (Å²) in [6.45, 7) is 0. The summed E-state index contributed by atoms with van der Waals surface area (Å²) in [5.74, 6) is 0.289. The molecule has 0 saturated heterocycles. The van der Waals surface area contributed by atoms with E-state index in [4.69, 9.17) is 0 Å². The van der Waals surface area contributed by atoms with E-state index in [1.165, 1.54) is 29.2 Å². The average Bonchev–Trinajstić information content (AvgIpc) is 3.10. The summed E-state index contributed by atoms with van der Waals surface area (Å²) in [5, 5.41) is 8.97. The third-order valence-corrected chi connectivity index (χ3v) is 2.98. The number of amides is 2. The first kappa shape index (κ1) is 17.2. The van der Waals surface area contributed by atoms with E-state index >= 15 is 0 Å². The second-order valence-electron chi connectivity index (χ2n) is 4.86. The lowest BCUT2D eigenvalue weighted by Gasteiger charge is -2.10. The predicted molar refractivity (Wildman–Crippen MR) is 84.9 cm³/mol. The highest BCUT2D eigenvalue weighted by Crippen LogP contribution is 2.24. The summed E-state index contributed by atoms with van der Waals surface area (Å²) in [7, 11) is 0. The maximum absolute atomic E-state index is 12.1. The molecular weight excluding hydrogens is 353 g/mol. The fraction of sp³-hybridized carbons (Fsp3) is 0.0667. The molecule has 0 spiro atoms. The largest absolute Gasteiger partial charge is 0.573 e. The standard InChI is InChI=1S/C15H11F3N6O2/c16-15(17,18)26-11-4-2-10(3-5-11)22-14(25)23-12-8-13(20-9-19-12)24-7-1-6-21-24/h1-9H,(H2,19,20,22,23,25). The molecule has 0 radical (unpaired) electrons. The van der Waals surface area contributed by atoms with E-state index in [1.807, 2.05) is 0 Å². The van der Waals surface area contributed by atoms with Crippen molar-refractivity contribution in [1.82, 2.24) is 19.7 Å². The minimum absolute atomic E-state index is 0.222. The number of urea groups is 1. The van der Waals surface area contributed by atoms with Gasteiger partial charge in [0.15, 0.2) is 5.82 Å². The number of rotatable bonds is 4. The van der Waals surface area contributed by atoms with Gasteiger partial charge in [-0.1, -0.05) is 0 Å². The zero-order chi connectivity index (χ0) is 18.6. The van der Waals surface area contributed by atoms with Crippen LogP contribution in [0, 0.1) is 0 Å². The smallest absolute Gasteiger partial charge is 0.406 e. The Hall–Kier alpha value is -3.63. The quantitative estimate of drug-likeness (QED) is 0.741. The van der Waals surface area contributed by atoms with Crippen LogP contribution >= 0.6 is 0 Å². The molecule has 1 aromatic carbocycles. The van der Waals surface area contributed by atoms with E-state index in [1.54, 1.807) is 18.5 Å². The fourth-order valence-electron chi connectivity index (χ4n) is 1.96. The minimum Gasteiger partial charge on any atom is -0.406 e. The molecule has 0 aliphatic carbocycles. The number of alkyl halides is 3. The van der Waals surface area contributed by atoms with E-state index in [9.17, 15) is 18.0 Å². The van der Waals surface area contributed by atoms with Crippen LogP contribution in [0.1, 0.15) is 0 Å². The first-order valence-corrected chi connectivity index (χ1v) is 7.15. The lowest BCUT2D eigenvalue weighted by atomic mass is 10.3. The molecule has 2 N–H and O–H groups in total. The number of benzene rings is 1. The maximum atomic E-state index is 12.1. The SMILES string of the molecule is O=C(Nc1ccc(OC(F)(F)F)cc1)Nc1cc(-n2cccn2)ncn1. The van der Waals surface area contributed by atoms with Gasteiger partial charge in [-0.25, -0.2) is 19.4 Å². The predicted octanol–water partition coefficient (Wildman–Crippen LogP) is 3.20. The molecule has 26 heavy (non-hydrogen) atoms. The molecule has 0 fully saturated rings. The molecular formula is C15H11F3N6O2. The summed E-state index contributed by atoms with van der Waals surface area (Å²) in [4.78, 5) is 19.9. The van der Waals surface area contributed by atoms with Crippen LogP contribution < -0.4 is 15.4 Å². The fourth-order valence-corrected chi connectivity index (χ4v) is 1.96. The molecule has 3 aromatic rings. The molecule has 8 nitrogen and oxygen atoms in total. The maximum Gasteiger partial charge on any atom is 0.573 e. The van der Waals surface area contributed by atoms with Gasteiger partial charge in [0, 0.05) is 24.1 Å². The second-order valence-corrected chi connectivity index (χ2v) is 4.86. The van der Waals surface area contributed by atoms with Crippen LogP contribution in [0.15, 0.2) is 55.1 Å². The molecule has 0 bridgehead atoms. The van der Waals surface area contributed by atoms with Gasteiger partial charge in [0.05, 0.1) is 0 Å². The monoisotopic (exact) mass is 364 g/mol. The van der Waals surface area contributed by atoms with Crippen molar-refractivity contribution in [3.63, 3.8) is 0 Å². The summed E-state index contributed by atoms with van der Waals surface area (Å²) < 4.78 is 41.6. The van der Waals surface area contributed by atoms with E-state index in [-0.39, 0.29) is 17.3 Å². The number of carbonyl (C=O) groups excluding carboxylic acids is 1. The molecule has 2 amide bonds. The van der Waals surface area contributed by atoms with Crippen LogP contribution in [-0.4, -0.2) is 32.1 Å². The molecule has 0 aliphatic rings. The zero-order valence-electron chi connectivity index (χ0n) is 12.9. The number of anilines is 2. The third kappa shape index (κ3) is 4.69. The minimum atomic E-state index is -4.77. The molecule has 0 unspecified atom stereocenters. The number of aromatic nitrogens is 4. The first-order chi connectivity index (χ1) is 12.4. The number of carbonyl (C=O) groups is 1. The van der Waals surface area contributed by atoms with Gasteiger partial charge in [0.1, 0.15) is 17.9 Å². The van der Waals surface area contributed by atoms with Crippen molar-refractivity contribution in [2.45, 2.75) is 6.36 Å². The third-order valence-electron chi connectivity index (χ3n) is 2.98. The van der Waals surface area contributed by atoms with Crippen LogP contribution in [0.2, 0.25) is 0 Å². The van der Waals surface area contributed by atoms with Gasteiger partial charge in [0.2, 0.25) is 0 Å². The van der Waals surface area contributed by atoms with E-state index in [0.29, 0.717) is 5.82 Å². The Bertz CT molecular complexity index is 881. The van der Waals surface area contributed by atoms with Gasteiger partial charge < -0.3 is 10.1 Å². The van der Waals surface area contributed by atoms with Gasteiger partial charge in [-0.15, -0.1) is 13.2 Å². The average molecular weight is 364 g/mol. The van der Waals surface area contributed by atoms with Crippen molar-refractivity contribution in [3.8, 4) is 11.6 Å². The molecule has 0 atom stereocenters. The van der Waals surface area contributed by atoms with Crippen molar-refractivity contribution >= 4 is 17.5 Å². The Morgan fingerprint density at radius 3 is 2.54 bits per heavy atom. The van der Waals surface area contributed by atoms with E-state index in [2.05, 4.69) is 30.4 Å². The first-order valence-electron chi connectivity index (χ1n) is 7.15. The van der Waals surface area contributed by atoms with Crippen LogP contribution in [0.25, 0.3) is 5.82 Å². The summed E-state index contributed by atoms with van der Waals surface area (Å²) in [5.41, 5.74) is 0.276. The van der Waals surface area contributed by atoms with Crippen molar-refractivity contribution in [1.29, 1.82) is 0 Å². The highest BCUT2D eigenvalue weighted by Gasteiger charge is 2.30. The summed E-state index contributed by atoms with van der Waals surface area (Å²) >= 11 is 0. The molecule has 2 aromatic heterocycles. The lowest BCUT2D eigenvalue weighted by Crippen LogP contribution is -2.20. The normalized spacial score (nSPS) is 11.0. The van der Waals surface area contributed by atoms with E-state index < -0.39 is 12.4 Å². The highest BCUT2D eigenvalue weighted by atomic mass is 19.4. The number of nitrogens with one attached hydrogen (secondary N) is 2. The Labute approximate surface area is 144 Å². The number of hydrogen-bond donors (Lipinski definition) is 2. The number of hydrogen-bond acceptors (Lipinski definition) is 5. The summed E-state index contributed by atoms with van der Waals surface area (Å²) in [6.07, 6.45) is -0.258. The Balaban J connectivity index is 1.61. The van der Waals surface area contributed by atoms with Crippen LogP contribution in [-0.2, 0) is 0 Å². The molecule has 0 aliphatic heterocycles. The van der Waals surface area contributed by atoms with Crippen molar-refractivity contribution < 1.29 is 22.7 Å². The number of ether oxygens (including phenoxy) is 1. The van der Waals surface area contributed by atoms with Gasteiger partial charge in [-0.05, 0) is 30.3 Å². The van der Waals surface area contributed by atoms with Crippen LogP contribution in [0.3, 0.4) is 0 Å². The molecule has 2 heterocycles. The topological polar surface area (TPSA) is 94.0 Å². The van der Waals surface area contributed by atoms with Gasteiger partial charge in [0.25, 0.3) is 0 Å². The molecule has 0 saturated carbocycles. The highest BCUT2D eigenvalue weighted by molar-refractivity contribution is 5.99. The molecule has 3 rings (SSSR count). The Morgan fingerprint density at radius 1 is 1.12 bits per heavy atom. The van der Waals surface area contributed by atoms with Crippen molar-refractivity contribution in [3.05, 3.63) is 55.1 Å². The van der Waals surface area contributed by atoms with E-state index in [0.717, 1.165) is 12.1 Å². The Morgan fingerprint density at radius 2 is 1.88 bits per heavy atom. The number of nitrogens with zero attached hydrogens (tertiary/aromatic N) is 4. The van der Waals surface area contributed by atoms with Crippen molar-refractivity contribution in [2.24, 2.45) is 0 Å². The van der Waals surface area contributed by atoms with Gasteiger partial charge in [-0.2, -0.15) is 5.10 Å². The van der Waals surface area contributed by atoms with Crippen LogP contribution in [0.4, 0.5) is 29.5 Å². The summed E-state index contributed by atoms with van der Waals surface area (Å²) in [6, 6.07) is 7.32. The second kappa shape index (κ2) is 7.09. The van der Waals surface area contributed by atoms with Crippen LogP contribution in [0.5, 0.6) is 5.75 Å². The lowest BCUT2D eigenvalue weighted by molar-refractivity contribution is -0.274.